The highest BCUT2D eigenvalue weighted by atomic mass is 16.7. The molecule has 0 atom stereocenters. The number of carbonyl (C=O) groups is 2. The molecule has 0 fully saturated rings. The molecular formula is C22H18N6O4. The van der Waals surface area contributed by atoms with Crippen LogP contribution >= 0.6 is 0 Å². The zero-order valence-electron chi connectivity index (χ0n) is 17.2. The minimum absolute atomic E-state index is 0.0241. The third kappa shape index (κ3) is 4.43. The fourth-order valence-corrected chi connectivity index (χ4v) is 2.89. The molecule has 0 aliphatic rings. The highest BCUT2D eigenvalue weighted by molar-refractivity contribution is 5.89. The summed E-state index contributed by atoms with van der Waals surface area (Å²) in [5, 5.41) is 10.0. The molecule has 0 radical (unpaired) electrons. The first-order chi connectivity index (χ1) is 15.5. The van der Waals surface area contributed by atoms with Gasteiger partial charge in [-0.05, 0) is 24.3 Å². The van der Waals surface area contributed by atoms with E-state index in [1.807, 2.05) is 24.3 Å². The van der Waals surface area contributed by atoms with Crippen molar-refractivity contribution in [2.45, 2.75) is 6.92 Å². The second-order valence-corrected chi connectivity index (χ2v) is 6.59. The van der Waals surface area contributed by atoms with Gasteiger partial charge >= 0.3 is 11.9 Å². The maximum atomic E-state index is 11.7. The minimum Gasteiger partial charge on any atom is -0.465 e. The van der Waals surface area contributed by atoms with Gasteiger partial charge in [-0.25, -0.2) is 15.2 Å². The van der Waals surface area contributed by atoms with Crippen LogP contribution in [0.2, 0.25) is 0 Å². The van der Waals surface area contributed by atoms with Gasteiger partial charge in [-0.2, -0.15) is 0 Å². The second kappa shape index (κ2) is 9.04. The average molecular weight is 430 g/mol. The summed E-state index contributed by atoms with van der Waals surface area (Å²) in [5.41, 5.74) is 4.86. The summed E-state index contributed by atoms with van der Waals surface area (Å²) in [6, 6.07) is 15.8. The quantitative estimate of drug-likeness (QED) is 0.364. The summed E-state index contributed by atoms with van der Waals surface area (Å²) in [4.78, 5) is 37.7. The molecule has 0 spiro atoms. The molecule has 0 aliphatic carbocycles. The Bertz CT molecular complexity index is 1260. The van der Waals surface area contributed by atoms with Crippen LogP contribution in [0, 0.1) is 0 Å². The number of rotatable bonds is 6. The number of hydrogen-bond acceptors (Lipinski definition) is 9. The van der Waals surface area contributed by atoms with Crippen LogP contribution in [0.25, 0.3) is 22.2 Å². The van der Waals surface area contributed by atoms with Crippen molar-refractivity contribution in [2.75, 3.05) is 12.3 Å². The van der Waals surface area contributed by atoms with E-state index < -0.39 is 5.97 Å². The molecular weight excluding hydrogens is 412 g/mol. The maximum Gasteiger partial charge on any atom is 0.337 e. The number of fused-ring (bicyclic) bond motifs is 1. The van der Waals surface area contributed by atoms with Crippen LogP contribution in [0.1, 0.15) is 17.3 Å². The zero-order chi connectivity index (χ0) is 22.5. The Morgan fingerprint density at radius 1 is 0.969 bits per heavy atom. The number of esters is 1. The Morgan fingerprint density at radius 2 is 1.75 bits per heavy atom. The molecule has 2 aromatic heterocycles. The molecule has 0 saturated carbocycles. The molecule has 32 heavy (non-hydrogen) atoms. The molecule has 1 amide bonds. The Hall–Kier alpha value is -4.60. The van der Waals surface area contributed by atoms with Crippen LogP contribution in [0.5, 0.6) is 5.75 Å². The van der Waals surface area contributed by atoms with Crippen molar-refractivity contribution < 1.29 is 19.2 Å². The van der Waals surface area contributed by atoms with Crippen molar-refractivity contribution in [3.63, 3.8) is 0 Å². The number of nitrogens with one attached hydrogen (secondary N) is 1. The van der Waals surface area contributed by atoms with Crippen LogP contribution in [0.15, 0.2) is 67.0 Å². The Labute approximate surface area is 182 Å². The molecule has 0 aliphatic heterocycles. The summed E-state index contributed by atoms with van der Waals surface area (Å²) in [7, 11) is 1.32. The number of benzene rings is 2. The van der Waals surface area contributed by atoms with Crippen LogP contribution in [0.4, 0.5) is 5.95 Å². The van der Waals surface area contributed by atoms with E-state index >= 15 is 0 Å². The minimum atomic E-state index is -0.428. The number of para-hydroxylation sites is 1. The van der Waals surface area contributed by atoms with Gasteiger partial charge in [0.05, 0.1) is 24.4 Å². The highest BCUT2D eigenvalue weighted by Crippen LogP contribution is 2.25. The van der Waals surface area contributed by atoms with Crippen molar-refractivity contribution in [1.29, 1.82) is 0 Å². The standard InChI is InChI=1S/C22H18N6O4/c1-14(29)27-28(32-20-11-12-23-18-6-4-3-5-17(18)20)22-24-13-19(25-26-22)15-7-9-16(10-8-15)21(30)31-2/h3-13H,1-2H3,(H,27,29). The molecule has 2 aromatic carbocycles. The van der Waals surface area contributed by atoms with Crippen molar-refractivity contribution in [1.82, 2.24) is 25.6 Å². The third-order valence-electron chi connectivity index (χ3n) is 4.39. The molecule has 160 valence electrons. The number of ether oxygens (including phenoxy) is 1. The van der Waals surface area contributed by atoms with Crippen molar-refractivity contribution in [3.8, 4) is 17.0 Å². The van der Waals surface area contributed by atoms with Crippen molar-refractivity contribution in [3.05, 3.63) is 72.6 Å². The fourth-order valence-electron chi connectivity index (χ4n) is 2.89. The Morgan fingerprint density at radius 3 is 2.44 bits per heavy atom. The number of aromatic nitrogens is 4. The summed E-state index contributed by atoms with van der Waals surface area (Å²) in [6.45, 7) is 1.34. The van der Waals surface area contributed by atoms with Gasteiger partial charge < -0.3 is 9.57 Å². The zero-order valence-corrected chi connectivity index (χ0v) is 17.2. The molecule has 4 aromatic rings. The van der Waals surface area contributed by atoms with Gasteiger partial charge in [-0.3, -0.25) is 9.78 Å². The predicted molar refractivity (Wildman–Crippen MR) is 115 cm³/mol. The summed E-state index contributed by atoms with van der Waals surface area (Å²) >= 11 is 0. The van der Waals surface area contributed by atoms with Gasteiger partial charge in [0.2, 0.25) is 5.91 Å². The monoisotopic (exact) mass is 430 g/mol. The van der Waals surface area contributed by atoms with E-state index in [-0.39, 0.29) is 11.9 Å². The number of nitrogens with zero attached hydrogens (tertiary/aromatic N) is 5. The molecule has 10 nitrogen and oxygen atoms in total. The molecule has 0 bridgehead atoms. The Balaban J connectivity index is 1.60. The molecule has 0 saturated heterocycles. The molecule has 2 heterocycles. The lowest BCUT2D eigenvalue weighted by atomic mass is 10.1. The second-order valence-electron chi connectivity index (χ2n) is 6.59. The third-order valence-corrected chi connectivity index (χ3v) is 4.39. The van der Waals surface area contributed by atoms with Crippen LogP contribution in [-0.4, -0.2) is 39.2 Å². The lowest BCUT2D eigenvalue weighted by Gasteiger charge is -2.21. The van der Waals surface area contributed by atoms with E-state index in [9.17, 15) is 9.59 Å². The first-order valence-electron chi connectivity index (χ1n) is 9.52. The van der Waals surface area contributed by atoms with Crippen molar-refractivity contribution in [2.24, 2.45) is 0 Å². The van der Waals surface area contributed by atoms with E-state index in [1.54, 1.807) is 36.5 Å². The average Bonchev–Trinajstić information content (AvgIpc) is 2.83. The van der Waals surface area contributed by atoms with Crippen molar-refractivity contribution >= 4 is 28.7 Å². The van der Waals surface area contributed by atoms with Gasteiger partial charge in [0.15, 0.2) is 5.75 Å². The predicted octanol–water partition coefficient (Wildman–Crippen LogP) is 2.72. The topological polar surface area (TPSA) is 119 Å². The van der Waals surface area contributed by atoms with Gasteiger partial charge in [0.1, 0.15) is 5.69 Å². The molecule has 4 rings (SSSR count). The molecule has 1 N–H and O–H groups in total. The summed E-state index contributed by atoms with van der Waals surface area (Å²) in [5.74, 6) is -0.330. The van der Waals surface area contributed by atoms with E-state index in [2.05, 4.69) is 25.6 Å². The summed E-state index contributed by atoms with van der Waals surface area (Å²) < 4.78 is 4.69. The first kappa shape index (κ1) is 20.7. The van der Waals surface area contributed by atoms with E-state index in [0.29, 0.717) is 22.6 Å². The first-order valence-corrected chi connectivity index (χ1v) is 9.52. The number of carbonyl (C=O) groups excluding carboxylic acids is 2. The Kier molecular flexibility index (Phi) is 5.84. The normalized spacial score (nSPS) is 10.4. The number of pyridine rings is 1. The number of methoxy groups -OCH3 is 1. The van der Waals surface area contributed by atoms with E-state index in [1.165, 1.54) is 20.2 Å². The highest BCUT2D eigenvalue weighted by Gasteiger charge is 2.17. The van der Waals surface area contributed by atoms with E-state index in [4.69, 9.17) is 9.57 Å². The van der Waals surface area contributed by atoms with Crippen LogP contribution in [-0.2, 0) is 9.53 Å². The van der Waals surface area contributed by atoms with Gasteiger partial charge in [-0.15, -0.1) is 10.2 Å². The lowest BCUT2D eigenvalue weighted by Crippen LogP contribution is -2.45. The van der Waals surface area contributed by atoms with Gasteiger partial charge in [0, 0.05) is 30.1 Å². The number of amides is 1. The largest absolute Gasteiger partial charge is 0.465 e. The molecule has 10 heteroatoms. The smallest absolute Gasteiger partial charge is 0.337 e. The molecule has 0 unspecified atom stereocenters. The van der Waals surface area contributed by atoms with Gasteiger partial charge in [-0.1, -0.05) is 29.4 Å². The van der Waals surface area contributed by atoms with Crippen LogP contribution in [0.3, 0.4) is 0 Å². The van der Waals surface area contributed by atoms with Crippen LogP contribution < -0.4 is 15.4 Å². The maximum absolute atomic E-state index is 11.7. The number of hydrazine groups is 1. The fraction of sp³-hybridized carbons (Fsp3) is 0.0909. The van der Waals surface area contributed by atoms with E-state index in [0.717, 1.165) is 16.1 Å². The van der Waals surface area contributed by atoms with Gasteiger partial charge in [0.25, 0.3) is 0 Å². The number of anilines is 1. The SMILES string of the molecule is COC(=O)c1ccc(-c2cnc(N(NC(C)=O)Oc3ccnc4ccccc34)nn2)cc1. The number of hydrogen-bond donors (Lipinski definition) is 1. The summed E-state index contributed by atoms with van der Waals surface area (Å²) in [6.07, 6.45) is 3.09. The lowest BCUT2D eigenvalue weighted by molar-refractivity contribution is -0.120.